The van der Waals surface area contributed by atoms with Crippen LogP contribution >= 0.6 is 0 Å². The largest absolute Gasteiger partial charge is 0.379 e. The van der Waals surface area contributed by atoms with Crippen molar-refractivity contribution in [3.63, 3.8) is 0 Å². The number of nitrogens with zero attached hydrogens (tertiary/aromatic N) is 4. The zero-order chi connectivity index (χ0) is 21.9. The van der Waals surface area contributed by atoms with E-state index in [9.17, 15) is 4.79 Å². The standard InChI is InChI=1S/C25H31N5O2/c1-28-8-10-30(11-9-28)25(31)27-22-4-2-20(3-5-22)24-23-17-19(16-21(23)6-7-26-24)18-29-12-14-32-15-13-29/h2-7,17H,8-16,18H2,1H3,(H,27,31). The van der Waals surface area contributed by atoms with Crippen molar-refractivity contribution in [2.45, 2.75) is 6.42 Å². The quantitative estimate of drug-likeness (QED) is 0.804. The number of ether oxygens (including phenoxy) is 1. The normalized spacial score (nSPS) is 19.5. The molecule has 7 nitrogen and oxygen atoms in total. The number of carbonyl (C=O) groups is 1. The molecule has 2 fully saturated rings. The Morgan fingerprint density at radius 3 is 2.53 bits per heavy atom. The number of fused-ring (bicyclic) bond motifs is 1. The van der Waals surface area contributed by atoms with Gasteiger partial charge in [0.25, 0.3) is 0 Å². The molecule has 2 saturated heterocycles. The molecule has 32 heavy (non-hydrogen) atoms. The molecule has 168 valence electrons. The molecule has 1 aromatic carbocycles. The SMILES string of the molecule is CN1CCN(C(=O)Nc2ccc(-c3nccc4c3C=C(CN3CCOCC3)C4)cc2)CC1. The molecule has 0 saturated carbocycles. The van der Waals surface area contributed by atoms with Gasteiger partial charge in [0.05, 0.1) is 18.9 Å². The van der Waals surface area contributed by atoms with Crippen LogP contribution in [0.3, 0.4) is 0 Å². The van der Waals surface area contributed by atoms with Gasteiger partial charge >= 0.3 is 6.03 Å². The molecule has 3 aliphatic rings. The highest BCUT2D eigenvalue weighted by molar-refractivity contribution is 5.90. The molecule has 1 aromatic heterocycles. The van der Waals surface area contributed by atoms with Gasteiger partial charge in [-0.3, -0.25) is 9.88 Å². The number of urea groups is 1. The minimum absolute atomic E-state index is 0.0275. The number of rotatable bonds is 4. The topological polar surface area (TPSA) is 60.9 Å². The van der Waals surface area contributed by atoms with Gasteiger partial charge < -0.3 is 19.9 Å². The summed E-state index contributed by atoms with van der Waals surface area (Å²) < 4.78 is 5.47. The second-order valence-corrected chi connectivity index (χ2v) is 8.90. The molecule has 2 amide bonds. The van der Waals surface area contributed by atoms with Crippen molar-refractivity contribution in [1.29, 1.82) is 0 Å². The average molecular weight is 434 g/mol. The van der Waals surface area contributed by atoms with Crippen molar-refractivity contribution in [2.75, 3.05) is 71.4 Å². The second kappa shape index (κ2) is 9.40. The smallest absolute Gasteiger partial charge is 0.321 e. The number of benzene rings is 1. The summed E-state index contributed by atoms with van der Waals surface area (Å²) in [5.41, 5.74) is 6.90. The summed E-state index contributed by atoms with van der Waals surface area (Å²) in [5.74, 6) is 0. The van der Waals surface area contributed by atoms with Crippen LogP contribution in [0.2, 0.25) is 0 Å². The van der Waals surface area contributed by atoms with Crippen molar-refractivity contribution in [3.05, 3.63) is 53.2 Å². The van der Waals surface area contributed by atoms with E-state index in [1.807, 2.05) is 23.2 Å². The van der Waals surface area contributed by atoms with Gasteiger partial charge in [0.15, 0.2) is 0 Å². The van der Waals surface area contributed by atoms with Crippen molar-refractivity contribution in [1.82, 2.24) is 19.7 Å². The van der Waals surface area contributed by atoms with Crippen molar-refractivity contribution in [3.8, 4) is 11.3 Å². The van der Waals surface area contributed by atoms with E-state index in [2.05, 4.69) is 46.4 Å². The van der Waals surface area contributed by atoms with Gasteiger partial charge in [-0.15, -0.1) is 0 Å². The van der Waals surface area contributed by atoms with Gasteiger partial charge in [-0.25, -0.2) is 4.79 Å². The molecule has 0 spiro atoms. The Morgan fingerprint density at radius 2 is 1.78 bits per heavy atom. The molecule has 5 rings (SSSR count). The highest BCUT2D eigenvalue weighted by Crippen LogP contribution is 2.33. The molecule has 2 aliphatic heterocycles. The molecule has 0 bridgehead atoms. The van der Waals surface area contributed by atoms with Crippen LogP contribution in [0.25, 0.3) is 17.3 Å². The summed E-state index contributed by atoms with van der Waals surface area (Å²) in [6.07, 6.45) is 5.21. The predicted molar refractivity (Wildman–Crippen MR) is 127 cm³/mol. The molecular formula is C25H31N5O2. The first kappa shape index (κ1) is 21.1. The van der Waals surface area contributed by atoms with E-state index in [1.54, 1.807) is 0 Å². The number of likely N-dealkylation sites (N-methyl/N-ethyl adjacent to an activating group) is 1. The molecule has 2 aromatic rings. The fourth-order valence-corrected chi connectivity index (χ4v) is 4.63. The Bertz CT molecular complexity index is 990. The summed E-state index contributed by atoms with van der Waals surface area (Å²) in [6, 6.07) is 10.1. The van der Waals surface area contributed by atoms with Crippen LogP contribution < -0.4 is 5.32 Å². The lowest BCUT2D eigenvalue weighted by atomic mass is 10.0. The van der Waals surface area contributed by atoms with Gasteiger partial charge in [-0.05, 0) is 37.2 Å². The Morgan fingerprint density at radius 1 is 1.03 bits per heavy atom. The maximum Gasteiger partial charge on any atom is 0.321 e. The lowest BCUT2D eigenvalue weighted by Crippen LogP contribution is -2.48. The molecule has 0 radical (unpaired) electrons. The van der Waals surface area contributed by atoms with E-state index >= 15 is 0 Å². The number of carbonyl (C=O) groups excluding carboxylic acids is 1. The Hall–Kier alpha value is -2.74. The first-order chi connectivity index (χ1) is 15.7. The van der Waals surface area contributed by atoms with E-state index < -0.39 is 0 Å². The zero-order valence-electron chi connectivity index (χ0n) is 18.7. The van der Waals surface area contributed by atoms with E-state index in [0.717, 1.165) is 82.4 Å². The van der Waals surface area contributed by atoms with Gasteiger partial charge in [0.2, 0.25) is 0 Å². The third-order valence-electron chi connectivity index (χ3n) is 6.58. The number of aromatic nitrogens is 1. The first-order valence-electron chi connectivity index (χ1n) is 11.5. The monoisotopic (exact) mass is 433 g/mol. The van der Waals surface area contributed by atoms with Crippen LogP contribution in [0.15, 0.2) is 42.1 Å². The predicted octanol–water partition coefficient (Wildman–Crippen LogP) is 2.80. The zero-order valence-corrected chi connectivity index (χ0v) is 18.7. The molecule has 1 N–H and O–H groups in total. The lowest BCUT2D eigenvalue weighted by Gasteiger charge is -2.32. The maximum absolute atomic E-state index is 12.5. The Labute approximate surface area is 189 Å². The van der Waals surface area contributed by atoms with Gasteiger partial charge in [0.1, 0.15) is 0 Å². The number of hydrogen-bond donors (Lipinski definition) is 1. The molecule has 3 heterocycles. The molecule has 1 aliphatic carbocycles. The number of piperazine rings is 1. The minimum Gasteiger partial charge on any atom is -0.379 e. The van der Waals surface area contributed by atoms with Crippen molar-refractivity contribution in [2.24, 2.45) is 0 Å². The van der Waals surface area contributed by atoms with Gasteiger partial charge in [-0.1, -0.05) is 23.8 Å². The average Bonchev–Trinajstić information content (AvgIpc) is 3.23. The van der Waals surface area contributed by atoms with Crippen LogP contribution in [-0.2, 0) is 11.2 Å². The summed E-state index contributed by atoms with van der Waals surface area (Å²) in [5, 5.41) is 3.03. The molecule has 7 heteroatoms. The fraction of sp³-hybridized carbons (Fsp3) is 0.440. The molecule has 0 atom stereocenters. The van der Waals surface area contributed by atoms with E-state index in [0.29, 0.717) is 0 Å². The number of morpholine rings is 1. The number of amides is 2. The van der Waals surface area contributed by atoms with Gasteiger partial charge in [0, 0.05) is 68.8 Å². The van der Waals surface area contributed by atoms with Crippen LogP contribution in [0.1, 0.15) is 11.1 Å². The third-order valence-corrected chi connectivity index (χ3v) is 6.58. The van der Waals surface area contributed by atoms with E-state index in [-0.39, 0.29) is 6.03 Å². The number of hydrogen-bond acceptors (Lipinski definition) is 5. The highest BCUT2D eigenvalue weighted by Gasteiger charge is 2.21. The molecular weight excluding hydrogens is 402 g/mol. The van der Waals surface area contributed by atoms with Gasteiger partial charge in [-0.2, -0.15) is 0 Å². The Kier molecular flexibility index (Phi) is 6.21. The van der Waals surface area contributed by atoms with Crippen molar-refractivity contribution < 1.29 is 9.53 Å². The van der Waals surface area contributed by atoms with Crippen LogP contribution in [0.4, 0.5) is 10.5 Å². The number of pyridine rings is 1. The van der Waals surface area contributed by atoms with E-state index in [1.165, 1.54) is 16.7 Å². The third kappa shape index (κ3) is 4.70. The maximum atomic E-state index is 12.5. The summed E-state index contributed by atoms with van der Waals surface area (Å²) >= 11 is 0. The van der Waals surface area contributed by atoms with Crippen LogP contribution in [0, 0.1) is 0 Å². The molecule has 0 unspecified atom stereocenters. The fourth-order valence-electron chi connectivity index (χ4n) is 4.63. The number of nitrogens with one attached hydrogen (secondary N) is 1. The van der Waals surface area contributed by atoms with E-state index in [4.69, 9.17) is 9.72 Å². The summed E-state index contributed by atoms with van der Waals surface area (Å²) in [4.78, 5) is 23.8. The minimum atomic E-state index is -0.0275. The second-order valence-electron chi connectivity index (χ2n) is 8.90. The summed E-state index contributed by atoms with van der Waals surface area (Å²) in [6.45, 7) is 8.00. The van der Waals surface area contributed by atoms with Crippen LogP contribution in [0.5, 0.6) is 0 Å². The van der Waals surface area contributed by atoms with Crippen LogP contribution in [-0.4, -0.2) is 91.8 Å². The Balaban J connectivity index is 1.27. The lowest BCUT2D eigenvalue weighted by molar-refractivity contribution is 0.0422. The first-order valence-corrected chi connectivity index (χ1v) is 11.5. The van der Waals surface area contributed by atoms with Crippen molar-refractivity contribution >= 4 is 17.8 Å². The highest BCUT2D eigenvalue weighted by atomic mass is 16.5. The summed E-state index contributed by atoms with van der Waals surface area (Å²) in [7, 11) is 2.09. The number of anilines is 1.